The number of benzene rings is 2. The number of oxime groups is 1. The van der Waals surface area contributed by atoms with Crippen molar-refractivity contribution in [1.29, 1.82) is 0 Å². The number of hydrogen-bond acceptors (Lipinski definition) is 8. The Hall–Kier alpha value is -3.11. The van der Waals surface area contributed by atoms with Gasteiger partial charge in [0.15, 0.2) is 11.9 Å². The maximum atomic E-state index is 5.91. The molecule has 0 aliphatic carbocycles. The average Bonchev–Trinajstić information content (AvgIpc) is 3.39. The Morgan fingerprint density at radius 3 is 2.19 bits per heavy atom. The van der Waals surface area contributed by atoms with Crippen molar-refractivity contribution in [2.75, 3.05) is 21.3 Å². The topological polar surface area (TPSA) is 89.2 Å². The van der Waals surface area contributed by atoms with Crippen LogP contribution >= 0.6 is 0 Å². The minimum Gasteiger partial charge on any atom is -0.376 e. The number of methoxy groups -OCH3 is 3. The fourth-order valence-electron chi connectivity index (χ4n) is 4.30. The van der Waals surface area contributed by atoms with Crippen molar-refractivity contribution < 1.29 is 23.8 Å². The van der Waals surface area contributed by atoms with Gasteiger partial charge in [-0.2, -0.15) is 0 Å². The largest absolute Gasteiger partial charge is 0.376 e. The first-order valence-corrected chi connectivity index (χ1v) is 12.0. The lowest BCUT2D eigenvalue weighted by Gasteiger charge is -2.42. The number of hydrogen-bond donors (Lipinski definition) is 0. The molecule has 1 fully saturated rings. The van der Waals surface area contributed by atoms with E-state index in [1.165, 1.54) is 5.56 Å². The molecule has 5 atom stereocenters. The van der Waals surface area contributed by atoms with Gasteiger partial charge in [0.1, 0.15) is 18.5 Å². The summed E-state index contributed by atoms with van der Waals surface area (Å²) in [5.74, 6) is 1.14. The van der Waals surface area contributed by atoms with E-state index in [2.05, 4.69) is 53.4 Å². The van der Waals surface area contributed by atoms with Crippen LogP contribution in [0.5, 0.6) is 0 Å². The highest BCUT2D eigenvalue weighted by atomic mass is 16.8. The van der Waals surface area contributed by atoms with E-state index in [1.807, 2.05) is 31.2 Å². The molecule has 0 amide bonds. The van der Waals surface area contributed by atoms with Crippen molar-refractivity contribution in [2.24, 2.45) is 5.16 Å². The van der Waals surface area contributed by atoms with Gasteiger partial charge >= 0.3 is 0 Å². The predicted molar refractivity (Wildman–Crippen MR) is 136 cm³/mol. The summed E-state index contributed by atoms with van der Waals surface area (Å²) >= 11 is 0. The zero-order chi connectivity index (χ0) is 25.7. The summed E-state index contributed by atoms with van der Waals surface area (Å²) in [7, 11) is 4.82. The smallest absolute Gasteiger partial charge is 0.256 e. The highest BCUT2D eigenvalue weighted by Crippen LogP contribution is 2.27. The molecule has 0 unspecified atom stereocenters. The van der Waals surface area contributed by atoms with E-state index in [0.29, 0.717) is 11.7 Å². The molecule has 192 valence electrons. The maximum Gasteiger partial charge on any atom is 0.256 e. The first-order valence-electron chi connectivity index (χ1n) is 12.0. The molecule has 0 saturated carbocycles. The van der Waals surface area contributed by atoms with Crippen molar-refractivity contribution >= 4 is 6.21 Å². The average molecular weight is 495 g/mol. The molecule has 0 bridgehead atoms. The van der Waals surface area contributed by atoms with Crippen molar-refractivity contribution in [3.63, 3.8) is 0 Å². The van der Waals surface area contributed by atoms with Crippen molar-refractivity contribution in [3.8, 4) is 17.1 Å². The molecular formula is C27H34N4O5. The summed E-state index contributed by atoms with van der Waals surface area (Å²) in [5.41, 5.74) is 4.03. The number of ether oxygens (including phenoxy) is 4. The highest BCUT2D eigenvalue weighted by molar-refractivity contribution is 5.80. The molecule has 9 nitrogen and oxygen atoms in total. The lowest BCUT2D eigenvalue weighted by molar-refractivity contribution is -0.305. The van der Waals surface area contributed by atoms with Gasteiger partial charge in [-0.3, -0.25) is 0 Å². The molecule has 1 aromatic heterocycles. The normalized spacial score (nSPS) is 24.5. The SMILES string of the molecule is CO[C@@H]1[C@@H](OC)[C@H](C)O[C@@H](O/N=C/c2ccc(-c3ncn(-c4ccc(C(C)C)cc4)n3)cc2)[C@@H]1OC. The molecule has 2 heterocycles. The Bertz CT molecular complexity index is 1130. The van der Waals surface area contributed by atoms with Crippen molar-refractivity contribution in [3.05, 3.63) is 66.0 Å². The summed E-state index contributed by atoms with van der Waals surface area (Å²) in [5, 5.41) is 8.75. The molecule has 1 aliphatic heterocycles. The molecule has 9 heteroatoms. The van der Waals surface area contributed by atoms with Crippen LogP contribution in [0.3, 0.4) is 0 Å². The Kier molecular flexibility index (Phi) is 8.48. The van der Waals surface area contributed by atoms with Crippen LogP contribution in [0.4, 0.5) is 0 Å². The minimum atomic E-state index is -0.723. The summed E-state index contributed by atoms with van der Waals surface area (Å²) in [6, 6.07) is 16.1. The lowest BCUT2D eigenvalue weighted by atomic mass is 9.99. The van der Waals surface area contributed by atoms with Gasteiger partial charge in [0.2, 0.25) is 0 Å². The minimum absolute atomic E-state index is 0.244. The molecule has 0 N–H and O–H groups in total. The molecule has 3 aromatic rings. The monoisotopic (exact) mass is 494 g/mol. The predicted octanol–water partition coefficient (Wildman–Crippen LogP) is 4.20. The first kappa shape index (κ1) is 26.0. The summed E-state index contributed by atoms with van der Waals surface area (Å²) in [6.07, 6.45) is 1.28. The third kappa shape index (κ3) is 5.65. The van der Waals surface area contributed by atoms with Gasteiger partial charge in [-0.05, 0) is 36.1 Å². The quantitative estimate of drug-likeness (QED) is 0.325. The van der Waals surface area contributed by atoms with Gasteiger partial charge in [-0.25, -0.2) is 9.67 Å². The first-order chi connectivity index (χ1) is 17.4. The van der Waals surface area contributed by atoms with Crippen LogP contribution in [0.1, 0.15) is 37.8 Å². The number of aromatic nitrogens is 3. The van der Waals surface area contributed by atoms with Gasteiger partial charge in [-0.1, -0.05) is 55.4 Å². The highest BCUT2D eigenvalue weighted by Gasteiger charge is 2.46. The fourth-order valence-corrected chi connectivity index (χ4v) is 4.30. The van der Waals surface area contributed by atoms with Crippen LogP contribution in [0.25, 0.3) is 17.1 Å². The Labute approximate surface area is 212 Å². The van der Waals surface area contributed by atoms with Crippen LogP contribution in [-0.2, 0) is 23.8 Å². The Morgan fingerprint density at radius 1 is 0.917 bits per heavy atom. The van der Waals surface area contributed by atoms with Crippen molar-refractivity contribution in [2.45, 2.75) is 57.4 Å². The standard InChI is InChI=1S/C27H34N4O5/c1-17(2)20-11-13-22(14-12-20)31-16-28-26(30-31)21-9-7-19(8-10-21)15-29-36-27-25(34-6)24(33-5)23(32-4)18(3)35-27/h7-18,23-25,27H,1-6H3/b29-15+/t18-,23-,24+,25+,27-/m0/s1. The molecule has 0 radical (unpaired) electrons. The number of nitrogens with zero attached hydrogens (tertiary/aromatic N) is 4. The van der Waals surface area contributed by atoms with Gasteiger partial charge < -0.3 is 23.8 Å². The van der Waals surface area contributed by atoms with E-state index < -0.39 is 12.4 Å². The second-order valence-electron chi connectivity index (χ2n) is 9.03. The zero-order valence-electron chi connectivity index (χ0n) is 21.6. The van der Waals surface area contributed by atoms with E-state index >= 15 is 0 Å². The Morgan fingerprint density at radius 2 is 1.58 bits per heavy atom. The van der Waals surface area contributed by atoms with Gasteiger partial charge in [0.05, 0.1) is 18.0 Å². The molecule has 2 aromatic carbocycles. The molecule has 4 rings (SSSR count). The third-order valence-corrected chi connectivity index (χ3v) is 6.40. The van der Waals surface area contributed by atoms with Crippen molar-refractivity contribution in [1.82, 2.24) is 14.8 Å². The van der Waals surface area contributed by atoms with E-state index in [4.69, 9.17) is 23.8 Å². The maximum absolute atomic E-state index is 5.91. The van der Waals surface area contributed by atoms with Gasteiger partial charge in [0, 0.05) is 26.9 Å². The third-order valence-electron chi connectivity index (χ3n) is 6.40. The zero-order valence-corrected chi connectivity index (χ0v) is 21.6. The second-order valence-corrected chi connectivity index (χ2v) is 9.03. The molecule has 1 saturated heterocycles. The fraction of sp³-hybridized carbons (Fsp3) is 0.444. The van der Waals surface area contributed by atoms with E-state index in [0.717, 1.165) is 16.8 Å². The van der Waals surface area contributed by atoms with Crippen LogP contribution in [0.2, 0.25) is 0 Å². The van der Waals surface area contributed by atoms with Crippen LogP contribution in [-0.4, -0.2) is 73.0 Å². The van der Waals surface area contributed by atoms with E-state index in [9.17, 15) is 0 Å². The summed E-state index contributed by atoms with van der Waals surface area (Å²) < 4.78 is 24.4. The second kappa shape index (κ2) is 11.7. The Balaban J connectivity index is 1.39. The van der Waals surface area contributed by atoms with Gasteiger partial charge in [0.25, 0.3) is 6.29 Å². The molecule has 1 aliphatic rings. The van der Waals surface area contributed by atoms with Crippen LogP contribution < -0.4 is 0 Å². The summed E-state index contributed by atoms with van der Waals surface area (Å²) in [4.78, 5) is 10.1. The van der Waals surface area contributed by atoms with Gasteiger partial charge in [-0.15, -0.1) is 5.10 Å². The van der Waals surface area contributed by atoms with Crippen LogP contribution in [0, 0.1) is 0 Å². The lowest BCUT2D eigenvalue weighted by Crippen LogP contribution is -2.59. The van der Waals surface area contributed by atoms with E-state index in [-0.39, 0.29) is 18.3 Å². The molecule has 36 heavy (non-hydrogen) atoms. The molecular weight excluding hydrogens is 460 g/mol. The van der Waals surface area contributed by atoms with E-state index in [1.54, 1.807) is 38.6 Å². The number of rotatable bonds is 9. The summed E-state index contributed by atoms with van der Waals surface area (Å²) in [6.45, 7) is 6.26. The van der Waals surface area contributed by atoms with Crippen LogP contribution in [0.15, 0.2) is 60.0 Å². The molecule has 0 spiro atoms.